The minimum atomic E-state index is -4.92. The summed E-state index contributed by atoms with van der Waals surface area (Å²) in [5, 5.41) is 0. The summed E-state index contributed by atoms with van der Waals surface area (Å²) in [6, 6.07) is 15.8. The summed E-state index contributed by atoms with van der Waals surface area (Å²) in [6.45, 7) is 2.33. The third kappa shape index (κ3) is 7.31. The summed E-state index contributed by atoms with van der Waals surface area (Å²) in [7, 11) is -4.92. The van der Waals surface area contributed by atoms with E-state index in [-0.39, 0.29) is 5.78 Å². The van der Waals surface area contributed by atoms with Gasteiger partial charge in [0.05, 0.1) is 0 Å². The van der Waals surface area contributed by atoms with E-state index in [2.05, 4.69) is 12.1 Å². The molecule has 1 aromatic carbocycles. The van der Waals surface area contributed by atoms with Crippen LogP contribution in [-0.4, -0.2) is 23.3 Å². The van der Waals surface area contributed by atoms with Gasteiger partial charge in [-0.2, -0.15) is 4.57 Å². The van der Waals surface area contributed by atoms with Gasteiger partial charge in [0.15, 0.2) is 12.7 Å². The van der Waals surface area contributed by atoms with Crippen molar-refractivity contribution in [3.8, 4) is 0 Å². The molecule has 2 aromatic rings. The summed E-state index contributed by atoms with van der Waals surface area (Å²) < 4.78 is 34.8. The second-order valence-corrected chi connectivity index (χ2v) is 5.04. The number of Topliss-reactive ketones (excluding diaryl/α,β-unsaturated/α-hetero) is 1. The van der Waals surface area contributed by atoms with Gasteiger partial charge in [-0.15, -0.1) is 0 Å². The monoisotopic (exact) mass is 309 g/mol. The van der Waals surface area contributed by atoms with Crippen LogP contribution in [0.1, 0.15) is 23.0 Å². The van der Waals surface area contributed by atoms with Crippen molar-refractivity contribution >= 4 is 16.2 Å². The van der Waals surface area contributed by atoms with Crippen LogP contribution in [0.5, 0.6) is 0 Å². The normalized spacial score (nSPS) is 10.4. The second-order valence-electron chi connectivity index (χ2n) is 4.18. The predicted octanol–water partition coefficient (Wildman–Crippen LogP) is 1.23. The van der Waals surface area contributed by atoms with Crippen LogP contribution >= 0.6 is 0 Å². The molecule has 0 fully saturated rings. The number of carbonyl (C=O) groups excluding carboxylic acids is 1. The molecule has 21 heavy (non-hydrogen) atoms. The summed E-state index contributed by atoms with van der Waals surface area (Å²) in [4.78, 5) is 11.4. The quantitative estimate of drug-likeness (QED) is 0.398. The highest BCUT2D eigenvalue weighted by Gasteiger charge is 2.13. The summed E-state index contributed by atoms with van der Waals surface area (Å²) >= 11 is 0. The molecule has 112 valence electrons. The van der Waals surface area contributed by atoms with E-state index >= 15 is 0 Å². The van der Waals surface area contributed by atoms with Crippen LogP contribution in [0, 0.1) is 0 Å². The van der Waals surface area contributed by atoms with Crippen LogP contribution in [0.3, 0.4) is 0 Å². The lowest BCUT2D eigenvalue weighted by atomic mass is 10.2. The molecule has 6 nitrogen and oxygen atoms in total. The molecule has 2 rings (SSSR count). The third-order valence-electron chi connectivity index (χ3n) is 2.50. The molecule has 1 N–H and O–H groups in total. The first-order valence-electron chi connectivity index (χ1n) is 5.99. The van der Waals surface area contributed by atoms with Gasteiger partial charge in [-0.25, -0.2) is 8.42 Å². The van der Waals surface area contributed by atoms with Gasteiger partial charge in [-0.1, -0.05) is 30.3 Å². The van der Waals surface area contributed by atoms with Gasteiger partial charge in [0, 0.05) is 24.6 Å². The molecule has 1 aromatic heterocycles. The van der Waals surface area contributed by atoms with Crippen molar-refractivity contribution in [2.75, 3.05) is 0 Å². The SMILES string of the molecule is CC(=O)c1cccc[n+]1Cc1ccccc1.O=S(=O)([O-])O. The average Bonchev–Trinajstić information content (AvgIpc) is 2.38. The molecule has 0 unspecified atom stereocenters. The van der Waals surface area contributed by atoms with Crippen molar-refractivity contribution in [1.82, 2.24) is 0 Å². The minimum Gasteiger partial charge on any atom is -0.726 e. The van der Waals surface area contributed by atoms with E-state index in [1.54, 1.807) is 6.92 Å². The maximum absolute atomic E-state index is 11.4. The fourth-order valence-electron chi connectivity index (χ4n) is 1.71. The Morgan fingerprint density at radius 3 is 2.19 bits per heavy atom. The zero-order valence-corrected chi connectivity index (χ0v) is 12.2. The first-order valence-corrected chi connectivity index (χ1v) is 7.35. The Labute approximate surface area is 123 Å². The van der Waals surface area contributed by atoms with Gasteiger partial charge < -0.3 is 4.55 Å². The molecule has 0 bridgehead atoms. The first-order chi connectivity index (χ1) is 9.77. The van der Waals surface area contributed by atoms with Crippen molar-refractivity contribution in [3.05, 3.63) is 66.0 Å². The molecule has 0 radical (unpaired) electrons. The van der Waals surface area contributed by atoms with Gasteiger partial charge in [0.25, 0.3) is 0 Å². The second kappa shape index (κ2) is 7.63. The molecule has 0 saturated carbocycles. The summed E-state index contributed by atoms with van der Waals surface area (Å²) in [6.07, 6.45) is 1.93. The molecule has 7 heteroatoms. The van der Waals surface area contributed by atoms with Crippen LogP contribution in [-0.2, 0) is 16.9 Å². The fourth-order valence-corrected chi connectivity index (χ4v) is 1.71. The largest absolute Gasteiger partial charge is 0.726 e. The van der Waals surface area contributed by atoms with E-state index in [4.69, 9.17) is 17.5 Å². The number of carbonyl (C=O) groups is 1. The van der Waals surface area contributed by atoms with Crippen LogP contribution in [0.4, 0.5) is 0 Å². The van der Waals surface area contributed by atoms with Gasteiger partial charge in [-0.3, -0.25) is 9.35 Å². The van der Waals surface area contributed by atoms with Crippen LogP contribution in [0.15, 0.2) is 54.7 Å². The van der Waals surface area contributed by atoms with Gasteiger partial charge in [-0.05, 0) is 6.07 Å². The minimum absolute atomic E-state index is 0.0940. The van der Waals surface area contributed by atoms with Crippen LogP contribution in [0.2, 0.25) is 0 Å². The van der Waals surface area contributed by atoms with Crippen molar-refractivity contribution in [2.45, 2.75) is 13.5 Å². The Balaban J connectivity index is 0.000000383. The number of pyridine rings is 1. The first kappa shape index (κ1) is 17.0. The molecule has 0 amide bonds. The molecule has 0 aliphatic heterocycles. The standard InChI is InChI=1S/C14H14NO.H2O4S/c1-12(16)14-9-5-6-10-15(14)11-13-7-3-2-4-8-13;1-5(2,3)4/h2-10H,11H2,1H3;(H2,1,2,3,4)/q+1;/p-1. The number of ketones is 1. The predicted molar refractivity (Wildman–Crippen MR) is 74.5 cm³/mol. The molecule has 0 aliphatic carbocycles. The van der Waals surface area contributed by atoms with E-state index in [1.165, 1.54) is 5.56 Å². The van der Waals surface area contributed by atoms with E-state index in [0.717, 1.165) is 12.2 Å². The van der Waals surface area contributed by atoms with Gasteiger partial charge >= 0.3 is 0 Å². The Hall–Kier alpha value is -2.09. The Morgan fingerprint density at radius 1 is 1.14 bits per heavy atom. The maximum atomic E-state index is 11.4. The highest BCUT2D eigenvalue weighted by Crippen LogP contribution is 2.00. The smallest absolute Gasteiger partial charge is 0.248 e. The van der Waals surface area contributed by atoms with Gasteiger partial charge in [0.1, 0.15) is 0 Å². The lowest BCUT2D eigenvalue weighted by Gasteiger charge is -2.00. The number of rotatable bonds is 3. The number of hydrogen-bond acceptors (Lipinski definition) is 4. The lowest BCUT2D eigenvalue weighted by molar-refractivity contribution is -0.690. The fraction of sp³-hybridized carbons (Fsp3) is 0.143. The van der Waals surface area contributed by atoms with Crippen molar-refractivity contribution < 1.29 is 26.9 Å². The highest BCUT2D eigenvalue weighted by atomic mass is 32.3. The van der Waals surface area contributed by atoms with Crippen molar-refractivity contribution in [1.29, 1.82) is 0 Å². The van der Waals surface area contributed by atoms with E-state index < -0.39 is 10.4 Å². The lowest BCUT2D eigenvalue weighted by Crippen LogP contribution is -2.39. The number of hydrogen-bond donors (Lipinski definition) is 1. The van der Waals surface area contributed by atoms with E-state index in [9.17, 15) is 4.79 Å². The Bertz CT molecular complexity index is 690. The average molecular weight is 309 g/mol. The number of benzene rings is 1. The Kier molecular flexibility index (Phi) is 6.16. The van der Waals surface area contributed by atoms with Crippen molar-refractivity contribution in [3.63, 3.8) is 0 Å². The third-order valence-corrected chi connectivity index (χ3v) is 2.50. The zero-order chi connectivity index (χ0) is 15.9. The van der Waals surface area contributed by atoms with E-state index in [0.29, 0.717) is 0 Å². The van der Waals surface area contributed by atoms with Crippen LogP contribution in [0.25, 0.3) is 0 Å². The number of nitrogens with zero attached hydrogens (tertiary/aromatic N) is 1. The number of aromatic nitrogens is 1. The molecular weight excluding hydrogens is 294 g/mol. The molecule has 0 spiro atoms. The van der Waals surface area contributed by atoms with Crippen molar-refractivity contribution in [2.24, 2.45) is 0 Å². The maximum Gasteiger partial charge on any atom is 0.248 e. The van der Waals surface area contributed by atoms with Crippen LogP contribution < -0.4 is 4.57 Å². The molecule has 0 atom stereocenters. The van der Waals surface area contributed by atoms with Gasteiger partial charge in [0.2, 0.25) is 21.9 Å². The molecule has 1 heterocycles. The Morgan fingerprint density at radius 2 is 1.67 bits per heavy atom. The highest BCUT2D eigenvalue weighted by molar-refractivity contribution is 7.79. The molecular formula is C14H15NO5S. The van der Waals surface area contributed by atoms with E-state index in [1.807, 2.05) is 47.2 Å². The zero-order valence-electron chi connectivity index (χ0n) is 11.3. The molecule has 0 saturated heterocycles. The summed E-state index contributed by atoms with van der Waals surface area (Å²) in [5.74, 6) is 0.0940. The topological polar surface area (TPSA) is 98.4 Å². The molecule has 0 aliphatic rings. The summed E-state index contributed by atoms with van der Waals surface area (Å²) in [5.41, 5.74) is 1.94.